The van der Waals surface area contributed by atoms with E-state index in [1.165, 1.54) is 0 Å². The van der Waals surface area contributed by atoms with E-state index in [2.05, 4.69) is 25.3 Å². The van der Waals surface area contributed by atoms with Crippen molar-refractivity contribution in [3.63, 3.8) is 0 Å². The highest BCUT2D eigenvalue weighted by molar-refractivity contribution is 5.76. The Kier molecular flexibility index (Phi) is 6.27. The second-order valence-corrected chi connectivity index (χ2v) is 6.54. The Morgan fingerprint density at radius 1 is 1.15 bits per heavy atom. The van der Waals surface area contributed by atoms with Gasteiger partial charge in [0.2, 0.25) is 17.6 Å². The number of aromatic nitrogens is 3. The third-order valence-corrected chi connectivity index (χ3v) is 4.06. The summed E-state index contributed by atoms with van der Waals surface area (Å²) in [5.74, 6) is 0.901. The van der Waals surface area contributed by atoms with Crippen molar-refractivity contribution >= 4 is 5.91 Å². The van der Waals surface area contributed by atoms with Crippen molar-refractivity contribution < 1.29 is 9.32 Å². The molecule has 0 radical (unpaired) electrons. The van der Waals surface area contributed by atoms with Crippen LogP contribution in [0.25, 0.3) is 11.4 Å². The van der Waals surface area contributed by atoms with Gasteiger partial charge < -0.3 is 14.7 Å². The average molecular weight is 365 g/mol. The maximum Gasteiger partial charge on any atom is 0.227 e. The molecule has 1 unspecified atom stereocenters. The number of nitrogens with zero attached hydrogens (tertiary/aromatic N) is 4. The van der Waals surface area contributed by atoms with E-state index < -0.39 is 0 Å². The lowest BCUT2D eigenvalue weighted by atomic mass is 10.1. The second-order valence-electron chi connectivity index (χ2n) is 6.54. The van der Waals surface area contributed by atoms with Gasteiger partial charge in [-0.2, -0.15) is 4.98 Å². The van der Waals surface area contributed by atoms with E-state index in [-0.39, 0.29) is 18.4 Å². The van der Waals surface area contributed by atoms with Crippen LogP contribution in [0.1, 0.15) is 23.9 Å². The molecule has 140 valence electrons. The van der Waals surface area contributed by atoms with Crippen molar-refractivity contribution in [1.82, 2.24) is 25.3 Å². The number of pyridine rings is 1. The largest absolute Gasteiger partial charge is 0.348 e. The van der Waals surface area contributed by atoms with Gasteiger partial charge in [-0.25, -0.2) is 0 Å². The monoisotopic (exact) mass is 365 g/mol. The van der Waals surface area contributed by atoms with Crippen LogP contribution in [0.2, 0.25) is 0 Å². The van der Waals surface area contributed by atoms with Gasteiger partial charge >= 0.3 is 0 Å². The van der Waals surface area contributed by atoms with E-state index in [1.54, 1.807) is 12.4 Å². The van der Waals surface area contributed by atoms with Crippen molar-refractivity contribution in [1.29, 1.82) is 0 Å². The number of nitrogens with one attached hydrogen (secondary N) is 1. The summed E-state index contributed by atoms with van der Waals surface area (Å²) in [6.07, 6.45) is 4.03. The molecule has 0 aliphatic heterocycles. The molecular weight excluding hydrogens is 342 g/mol. The number of aryl methyl sites for hydroxylation is 1. The average Bonchev–Trinajstić information content (AvgIpc) is 3.16. The topological polar surface area (TPSA) is 84.2 Å². The number of carbonyl (C=O) groups excluding carboxylic acids is 1. The molecule has 0 bridgehead atoms. The molecule has 1 atom stereocenters. The van der Waals surface area contributed by atoms with E-state index in [9.17, 15) is 4.79 Å². The molecule has 0 aliphatic rings. The Balaban J connectivity index is 1.57. The standard InChI is InChI=1S/C20H23N5O2/c1-25(2)14-17(15-6-4-3-5-7-15)22-18(26)8-9-19-23-20(24-27-19)16-10-12-21-13-11-16/h3-7,10-13,17H,8-9,14H2,1-2H3,(H,22,26). The lowest BCUT2D eigenvalue weighted by Gasteiger charge is -2.22. The van der Waals surface area contributed by atoms with Crippen LogP contribution < -0.4 is 5.32 Å². The Morgan fingerprint density at radius 2 is 1.89 bits per heavy atom. The minimum atomic E-state index is -0.0660. The van der Waals surface area contributed by atoms with Crippen molar-refractivity contribution in [3.8, 4) is 11.4 Å². The fourth-order valence-corrected chi connectivity index (χ4v) is 2.75. The third-order valence-electron chi connectivity index (χ3n) is 4.06. The Labute approximate surface area is 158 Å². The van der Waals surface area contributed by atoms with Crippen LogP contribution in [0.4, 0.5) is 0 Å². The van der Waals surface area contributed by atoms with Crippen LogP contribution in [0.3, 0.4) is 0 Å². The van der Waals surface area contributed by atoms with Crippen molar-refractivity contribution in [2.75, 3.05) is 20.6 Å². The number of amides is 1. The number of likely N-dealkylation sites (N-methyl/N-ethyl adjacent to an activating group) is 1. The van der Waals surface area contributed by atoms with Gasteiger partial charge in [0.1, 0.15) is 0 Å². The first kappa shape index (κ1) is 18.7. The maximum absolute atomic E-state index is 12.4. The smallest absolute Gasteiger partial charge is 0.227 e. The van der Waals surface area contributed by atoms with Gasteiger partial charge in [-0.05, 0) is 31.8 Å². The molecule has 2 heterocycles. The van der Waals surface area contributed by atoms with Gasteiger partial charge in [0, 0.05) is 37.3 Å². The molecule has 1 N–H and O–H groups in total. The SMILES string of the molecule is CN(C)CC(NC(=O)CCc1nc(-c2ccncc2)no1)c1ccccc1. The zero-order chi connectivity index (χ0) is 19.1. The quantitative estimate of drug-likeness (QED) is 0.660. The van der Waals surface area contributed by atoms with E-state index >= 15 is 0 Å². The first-order valence-corrected chi connectivity index (χ1v) is 8.84. The molecule has 7 heteroatoms. The van der Waals surface area contributed by atoms with Crippen molar-refractivity contribution in [2.45, 2.75) is 18.9 Å². The molecule has 1 amide bonds. The summed E-state index contributed by atoms with van der Waals surface area (Å²) in [4.78, 5) is 22.8. The summed E-state index contributed by atoms with van der Waals surface area (Å²) in [6.45, 7) is 0.725. The summed E-state index contributed by atoms with van der Waals surface area (Å²) in [5.41, 5.74) is 1.91. The number of benzene rings is 1. The minimum absolute atomic E-state index is 0.0469. The lowest BCUT2D eigenvalue weighted by molar-refractivity contribution is -0.122. The highest BCUT2D eigenvalue weighted by atomic mass is 16.5. The summed E-state index contributed by atoms with van der Waals surface area (Å²) in [6, 6.07) is 13.5. The normalized spacial score (nSPS) is 12.1. The zero-order valence-corrected chi connectivity index (χ0v) is 15.5. The number of hydrogen-bond donors (Lipinski definition) is 1. The highest BCUT2D eigenvalue weighted by Gasteiger charge is 2.16. The molecule has 3 aromatic rings. The summed E-state index contributed by atoms with van der Waals surface area (Å²) in [7, 11) is 3.97. The van der Waals surface area contributed by atoms with E-state index in [1.807, 2.05) is 56.6 Å². The Bertz CT molecular complexity index is 849. The third kappa shape index (κ3) is 5.46. The first-order chi connectivity index (χ1) is 13.1. The van der Waals surface area contributed by atoms with Crippen LogP contribution in [-0.2, 0) is 11.2 Å². The molecule has 0 aliphatic carbocycles. The Hall–Kier alpha value is -3.06. The van der Waals surface area contributed by atoms with Gasteiger partial charge in [-0.1, -0.05) is 35.5 Å². The predicted molar refractivity (Wildman–Crippen MR) is 102 cm³/mol. The van der Waals surface area contributed by atoms with E-state index in [0.717, 1.165) is 17.7 Å². The van der Waals surface area contributed by atoms with Crippen molar-refractivity contribution in [3.05, 3.63) is 66.3 Å². The first-order valence-electron chi connectivity index (χ1n) is 8.84. The molecule has 7 nitrogen and oxygen atoms in total. The molecule has 3 rings (SSSR count). The van der Waals surface area contributed by atoms with Gasteiger partial charge in [0.15, 0.2) is 0 Å². The van der Waals surface area contributed by atoms with Crippen LogP contribution in [-0.4, -0.2) is 46.6 Å². The fourth-order valence-electron chi connectivity index (χ4n) is 2.75. The molecule has 0 spiro atoms. The lowest BCUT2D eigenvalue weighted by Crippen LogP contribution is -2.35. The van der Waals surface area contributed by atoms with E-state index in [4.69, 9.17) is 4.52 Å². The van der Waals surface area contributed by atoms with Gasteiger partial charge in [0.05, 0.1) is 6.04 Å². The predicted octanol–water partition coefficient (Wildman–Crippen LogP) is 2.48. The van der Waals surface area contributed by atoms with Crippen LogP contribution in [0.5, 0.6) is 0 Å². The summed E-state index contributed by atoms with van der Waals surface area (Å²) < 4.78 is 5.25. The fraction of sp³-hybridized carbons (Fsp3) is 0.300. The number of rotatable bonds is 8. The maximum atomic E-state index is 12.4. The van der Waals surface area contributed by atoms with Gasteiger partial charge in [-0.15, -0.1) is 0 Å². The molecule has 27 heavy (non-hydrogen) atoms. The molecule has 0 saturated carbocycles. The summed E-state index contributed by atoms with van der Waals surface area (Å²) >= 11 is 0. The van der Waals surface area contributed by atoms with Gasteiger partial charge in [-0.3, -0.25) is 9.78 Å². The number of hydrogen-bond acceptors (Lipinski definition) is 6. The Morgan fingerprint density at radius 3 is 2.59 bits per heavy atom. The zero-order valence-electron chi connectivity index (χ0n) is 15.5. The molecule has 0 fully saturated rings. The van der Waals surface area contributed by atoms with Crippen LogP contribution >= 0.6 is 0 Å². The minimum Gasteiger partial charge on any atom is -0.348 e. The van der Waals surface area contributed by atoms with Crippen LogP contribution in [0, 0.1) is 0 Å². The van der Waals surface area contributed by atoms with Crippen molar-refractivity contribution in [2.24, 2.45) is 0 Å². The summed E-state index contributed by atoms with van der Waals surface area (Å²) in [5, 5.41) is 7.05. The van der Waals surface area contributed by atoms with Gasteiger partial charge in [0.25, 0.3) is 0 Å². The molecule has 1 aromatic carbocycles. The molecular formula is C20H23N5O2. The second kappa shape index (κ2) is 9.05. The van der Waals surface area contributed by atoms with Crippen LogP contribution in [0.15, 0.2) is 59.4 Å². The number of carbonyl (C=O) groups is 1. The highest BCUT2D eigenvalue weighted by Crippen LogP contribution is 2.16. The molecule has 2 aromatic heterocycles. The molecule has 0 saturated heterocycles. The van der Waals surface area contributed by atoms with E-state index in [0.29, 0.717) is 18.1 Å².